The molecule has 0 aliphatic rings. The second-order valence-corrected chi connectivity index (χ2v) is 3.58. The SMILES string of the molecule is O=C(O)Cc1c(OCS)[nH]c2ccccc12. The molecule has 0 saturated carbocycles. The number of aromatic amines is 1. The summed E-state index contributed by atoms with van der Waals surface area (Å²) in [4.78, 5) is 13.8. The molecule has 0 fully saturated rings. The number of carbonyl (C=O) groups is 1. The molecule has 0 atom stereocenters. The van der Waals surface area contributed by atoms with E-state index in [1.54, 1.807) is 0 Å². The number of hydrogen-bond acceptors (Lipinski definition) is 3. The number of para-hydroxylation sites is 1. The standard InChI is InChI=1S/C11H11NO3S/c13-10(14)5-8-7-3-1-2-4-9(7)12-11(8)15-6-16/h1-4,12,16H,5-6H2,(H,13,14). The van der Waals surface area contributed by atoms with Gasteiger partial charge in [0.2, 0.25) is 0 Å². The molecule has 0 radical (unpaired) electrons. The lowest BCUT2D eigenvalue weighted by atomic mass is 10.1. The van der Waals surface area contributed by atoms with E-state index >= 15 is 0 Å². The highest BCUT2D eigenvalue weighted by Gasteiger charge is 2.14. The predicted octanol–water partition coefficient (Wildman–Crippen LogP) is 2.06. The van der Waals surface area contributed by atoms with Gasteiger partial charge in [-0.25, -0.2) is 0 Å². The number of carboxylic acid groups (broad SMARTS) is 1. The van der Waals surface area contributed by atoms with Crippen LogP contribution >= 0.6 is 12.6 Å². The number of H-pyrrole nitrogens is 1. The average Bonchev–Trinajstić information content (AvgIpc) is 2.57. The van der Waals surface area contributed by atoms with Gasteiger partial charge in [0.25, 0.3) is 0 Å². The third-order valence-corrected chi connectivity index (χ3v) is 2.44. The second kappa shape index (κ2) is 4.49. The van der Waals surface area contributed by atoms with Crippen LogP contribution in [-0.4, -0.2) is 22.0 Å². The first kappa shape index (κ1) is 10.9. The van der Waals surface area contributed by atoms with E-state index in [-0.39, 0.29) is 12.4 Å². The number of rotatable bonds is 4. The zero-order valence-electron chi connectivity index (χ0n) is 8.43. The van der Waals surface area contributed by atoms with Gasteiger partial charge in [-0.1, -0.05) is 18.2 Å². The lowest BCUT2D eigenvalue weighted by Gasteiger charge is -2.01. The summed E-state index contributed by atoms with van der Waals surface area (Å²) in [6.45, 7) is 0. The van der Waals surface area contributed by atoms with Crippen molar-refractivity contribution in [2.45, 2.75) is 6.42 Å². The lowest BCUT2D eigenvalue weighted by molar-refractivity contribution is -0.136. The number of aromatic nitrogens is 1. The van der Waals surface area contributed by atoms with Crippen molar-refractivity contribution < 1.29 is 14.6 Å². The van der Waals surface area contributed by atoms with Crippen LogP contribution in [0.1, 0.15) is 5.56 Å². The maximum atomic E-state index is 10.8. The summed E-state index contributed by atoms with van der Waals surface area (Å²) in [5, 5.41) is 9.73. The first-order valence-electron chi connectivity index (χ1n) is 4.77. The van der Waals surface area contributed by atoms with Crippen molar-refractivity contribution in [2.75, 3.05) is 5.94 Å². The van der Waals surface area contributed by atoms with Gasteiger partial charge in [0.05, 0.1) is 6.42 Å². The highest BCUT2D eigenvalue weighted by atomic mass is 32.1. The monoisotopic (exact) mass is 237 g/mol. The molecule has 2 rings (SSSR count). The van der Waals surface area contributed by atoms with Crippen molar-refractivity contribution in [3.63, 3.8) is 0 Å². The number of ether oxygens (including phenoxy) is 1. The van der Waals surface area contributed by atoms with E-state index in [1.165, 1.54) is 0 Å². The van der Waals surface area contributed by atoms with E-state index in [0.29, 0.717) is 11.4 Å². The first-order chi connectivity index (χ1) is 7.72. The van der Waals surface area contributed by atoms with Gasteiger partial charge in [0, 0.05) is 16.5 Å². The normalized spacial score (nSPS) is 10.6. The Labute approximate surface area is 97.6 Å². The van der Waals surface area contributed by atoms with Crippen molar-refractivity contribution in [3.8, 4) is 5.88 Å². The van der Waals surface area contributed by atoms with Gasteiger partial charge in [-0.2, -0.15) is 0 Å². The van der Waals surface area contributed by atoms with Crippen LogP contribution < -0.4 is 4.74 Å². The Hall–Kier alpha value is -1.62. The molecule has 2 aromatic rings. The molecule has 84 valence electrons. The molecule has 0 saturated heterocycles. The molecule has 2 N–H and O–H groups in total. The van der Waals surface area contributed by atoms with Gasteiger partial charge < -0.3 is 14.8 Å². The third-order valence-electron chi connectivity index (χ3n) is 2.31. The summed E-state index contributed by atoms with van der Waals surface area (Å²) in [6.07, 6.45) is -0.0624. The third kappa shape index (κ3) is 1.99. The molecule has 1 aromatic heterocycles. The van der Waals surface area contributed by atoms with Crippen molar-refractivity contribution in [1.29, 1.82) is 0 Å². The Bertz CT molecular complexity index is 521. The molecule has 0 bridgehead atoms. The molecule has 16 heavy (non-hydrogen) atoms. The van der Waals surface area contributed by atoms with Crippen LogP contribution in [-0.2, 0) is 11.2 Å². The number of hydrogen-bond donors (Lipinski definition) is 3. The second-order valence-electron chi connectivity index (χ2n) is 3.32. The Morgan fingerprint density at radius 3 is 2.88 bits per heavy atom. The van der Waals surface area contributed by atoms with E-state index in [1.807, 2.05) is 24.3 Å². The molecular weight excluding hydrogens is 226 g/mol. The molecule has 1 heterocycles. The van der Waals surface area contributed by atoms with Crippen molar-refractivity contribution in [2.24, 2.45) is 0 Å². The molecule has 0 amide bonds. The minimum Gasteiger partial charge on any atom is -0.481 e. The van der Waals surface area contributed by atoms with Crippen LogP contribution in [0.15, 0.2) is 24.3 Å². The lowest BCUT2D eigenvalue weighted by Crippen LogP contribution is -2.02. The van der Waals surface area contributed by atoms with Gasteiger partial charge in [0.15, 0.2) is 5.88 Å². The molecule has 0 unspecified atom stereocenters. The van der Waals surface area contributed by atoms with E-state index in [4.69, 9.17) is 9.84 Å². The molecule has 1 aromatic carbocycles. The average molecular weight is 237 g/mol. The number of carboxylic acids is 1. The van der Waals surface area contributed by atoms with Crippen LogP contribution in [0.4, 0.5) is 0 Å². The maximum absolute atomic E-state index is 10.8. The Kier molecular flexibility index (Phi) is 3.05. The van der Waals surface area contributed by atoms with Crippen molar-refractivity contribution in [1.82, 2.24) is 4.98 Å². The summed E-state index contributed by atoms with van der Waals surface area (Å²) < 4.78 is 5.27. The molecule has 0 aliphatic heterocycles. The number of fused-ring (bicyclic) bond motifs is 1. The van der Waals surface area contributed by atoms with Gasteiger partial charge >= 0.3 is 5.97 Å². The van der Waals surface area contributed by atoms with Crippen molar-refractivity contribution >= 4 is 29.5 Å². The van der Waals surface area contributed by atoms with Gasteiger partial charge in [0.1, 0.15) is 5.94 Å². The summed E-state index contributed by atoms with van der Waals surface area (Å²) in [5.41, 5.74) is 1.53. The number of aliphatic carboxylic acids is 1. The fourth-order valence-electron chi connectivity index (χ4n) is 1.69. The summed E-state index contributed by atoms with van der Waals surface area (Å²) in [5.74, 6) is -0.188. The van der Waals surface area contributed by atoms with E-state index in [9.17, 15) is 4.79 Å². The largest absolute Gasteiger partial charge is 0.481 e. The van der Waals surface area contributed by atoms with Crippen LogP contribution in [0.2, 0.25) is 0 Å². The molecule has 4 nitrogen and oxygen atoms in total. The van der Waals surface area contributed by atoms with Gasteiger partial charge in [-0.15, -0.1) is 12.6 Å². The fourth-order valence-corrected chi connectivity index (χ4v) is 1.82. The number of benzene rings is 1. The summed E-state index contributed by atoms with van der Waals surface area (Å²) >= 11 is 3.96. The number of thiol groups is 1. The van der Waals surface area contributed by atoms with Crippen molar-refractivity contribution in [3.05, 3.63) is 29.8 Å². The van der Waals surface area contributed by atoms with Gasteiger partial charge in [-0.3, -0.25) is 4.79 Å². The van der Waals surface area contributed by atoms with Crippen LogP contribution in [0.3, 0.4) is 0 Å². The molecule has 0 spiro atoms. The van der Waals surface area contributed by atoms with Crippen LogP contribution in [0.5, 0.6) is 5.88 Å². The predicted molar refractivity (Wildman–Crippen MR) is 64.1 cm³/mol. The van der Waals surface area contributed by atoms with Crippen LogP contribution in [0.25, 0.3) is 10.9 Å². The van der Waals surface area contributed by atoms with E-state index in [0.717, 1.165) is 10.9 Å². The summed E-state index contributed by atoms with van der Waals surface area (Å²) in [6, 6.07) is 7.50. The van der Waals surface area contributed by atoms with E-state index < -0.39 is 5.97 Å². The molecule has 5 heteroatoms. The Balaban J connectivity index is 2.54. The smallest absolute Gasteiger partial charge is 0.308 e. The topological polar surface area (TPSA) is 62.3 Å². The highest BCUT2D eigenvalue weighted by Crippen LogP contribution is 2.28. The summed E-state index contributed by atoms with van der Waals surface area (Å²) in [7, 11) is 0. The van der Waals surface area contributed by atoms with E-state index in [2.05, 4.69) is 17.6 Å². The maximum Gasteiger partial charge on any atom is 0.308 e. The zero-order chi connectivity index (χ0) is 11.5. The molecular formula is C11H11NO3S. The number of nitrogens with one attached hydrogen (secondary N) is 1. The Morgan fingerprint density at radius 2 is 2.19 bits per heavy atom. The van der Waals surface area contributed by atoms with Crippen LogP contribution in [0, 0.1) is 0 Å². The van der Waals surface area contributed by atoms with Gasteiger partial charge in [-0.05, 0) is 6.07 Å². The molecule has 0 aliphatic carbocycles. The fraction of sp³-hybridized carbons (Fsp3) is 0.182. The first-order valence-corrected chi connectivity index (χ1v) is 5.40. The zero-order valence-corrected chi connectivity index (χ0v) is 9.33. The minimum absolute atomic E-state index is 0.0624. The minimum atomic E-state index is -0.881. The Morgan fingerprint density at radius 1 is 1.44 bits per heavy atom. The highest BCUT2D eigenvalue weighted by molar-refractivity contribution is 7.80. The quantitative estimate of drug-likeness (QED) is 0.563.